The number of hydrogen-bond donors (Lipinski definition) is 1. The predicted octanol–water partition coefficient (Wildman–Crippen LogP) is 1.63. The average molecular weight is 399 g/mol. The van der Waals surface area contributed by atoms with Gasteiger partial charge >= 0.3 is 6.18 Å². The molecular weight excluding hydrogens is 373 g/mol. The highest BCUT2D eigenvalue weighted by atomic mass is 19.4. The molecule has 0 atom stereocenters. The van der Waals surface area contributed by atoms with Crippen molar-refractivity contribution in [2.24, 2.45) is 0 Å². The Balaban J connectivity index is 1.54. The van der Waals surface area contributed by atoms with Gasteiger partial charge in [0.15, 0.2) is 6.54 Å². The third kappa shape index (κ3) is 4.11. The molecule has 4 fully saturated rings. The van der Waals surface area contributed by atoms with E-state index in [4.69, 9.17) is 4.74 Å². The topological polar surface area (TPSA) is 44.8 Å². The molecule has 4 aliphatic rings. The van der Waals surface area contributed by atoms with Crippen LogP contribution in [0, 0.1) is 0 Å². The Morgan fingerprint density at radius 2 is 1.71 bits per heavy atom. The fraction of sp³-hybridized carbons (Fsp3) is 0.632. The highest BCUT2D eigenvalue weighted by molar-refractivity contribution is 5.95. The summed E-state index contributed by atoms with van der Waals surface area (Å²) in [7, 11) is 0. The second kappa shape index (κ2) is 7.53. The lowest BCUT2D eigenvalue weighted by Crippen LogP contribution is -2.68. The third-order valence-corrected chi connectivity index (χ3v) is 6.10. The van der Waals surface area contributed by atoms with E-state index >= 15 is 0 Å². The summed E-state index contributed by atoms with van der Waals surface area (Å²) in [6, 6.07) is 3.58. The minimum absolute atomic E-state index is 0.218. The van der Waals surface area contributed by atoms with Gasteiger partial charge in [0.05, 0.1) is 49.8 Å². The van der Waals surface area contributed by atoms with Crippen LogP contribution in [0.25, 0.3) is 0 Å². The van der Waals surface area contributed by atoms with Crippen molar-refractivity contribution >= 4 is 17.3 Å². The molecule has 0 aromatic heterocycles. The van der Waals surface area contributed by atoms with Crippen molar-refractivity contribution in [2.75, 3.05) is 82.3 Å². The van der Waals surface area contributed by atoms with Gasteiger partial charge in [-0.15, -0.1) is 0 Å². The van der Waals surface area contributed by atoms with Gasteiger partial charge in [0.2, 0.25) is 0 Å². The van der Waals surface area contributed by atoms with Gasteiger partial charge in [0, 0.05) is 32.7 Å². The number of carbonyl (C=O) groups is 1. The van der Waals surface area contributed by atoms with E-state index in [0.29, 0.717) is 38.5 Å². The number of benzene rings is 1. The molecule has 154 valence electrons. The fourth-order valence-corrected chi connectivity index (χ4v) is 4.36. The van der Waals surface area contributed by atoms with Crippen molar-refractivity contribution in [3.8, 4) is 0 Å². The highest BCUT2D eigenvalue weighted by Gasteiger charge is 2.40. The summed E-state index contributed by atoms with van der Waals surface area (Å²) in [6.07, 6.45) is -4.45. The van der Waals surface area contributed by atoms with E-state index in [1.165, 1.54) is 6.07 Å². The highest BCUT2D eigenvalue weighted by Crippen LogP contribution is 2.36. The molecule has 0 aliphatic carbocycles. The Bertz CT molecular complexity index is 713. The number of alkyl halides is 3. The van der Waals surface area contributed by atoms with Crippen LogP contribution in [0.15, 0.2) is 18.2 Å². The maximum Gasteiger partial charge on any atom is 0.416 e. The lowest BCUT2D eigenvalue weighted by molar-refractivity contribution is -0.933. The molecule has 1 aromatic carbocycles. The van der Waals surface area contributed by atoms with Gasteiger partial charge in [-0.05, 0) is 18.2 Å². The number of rotatable bonds is 4. The number of carbonyl (C=O) groups excluding carboxylic acids is 1. The minimum Gasteiger partial charge on any atom is -0.378 e. The Labute approximate surface area is 162 Å². The van der Waals surface area contributed by atoms with E-state index < -0.39 is 11.7 Å². The van der Waals surface area contributed by atoms with Gasteiger partial charge in [-0.1, -0.05) is 0 Å². The molecule has 1 N–H and O–H groups in total. The number of fused-ring (bicyclic) bond motifs is 3. The van der Waals surface area contributed by atoms with Crippen LogP contribution in [0.1, 0.15) is 5.56 Å². The molecule has 0 spiro atoms. The molecule has 2 bridgehead atoms. The average Bonchev–Trinajstić information content (AvgIpc) is 2.69. The quantitative estimate of drug-likeness (QED) is 0.782. The van der Waals surface area contributed by atoms with E-state index in [-0.39, 0.29) is 11.6 Å². The first kappa shape index (κ1) is 19.5. The van der Waals surface area contributed by atoms with E-state index in [9.17, 15) is 18.0 Å². The molecule has 0 radical (unpaired) electrons. The molecule has 1 aromatic rings. The lowest BCUT2D eigenvalue weighted by atomic mass is 10.1. The van der Waals surface area contributed by atoms with E-state index in [1.807, 2.05) is 4.90 Å². The number of amides is 1. The summed E-state index contributed by atoms with van der Waals surface area (Å²) in [5.41, 5.74) is 0.0992. The Kier molecular flexibility index (Phi) is 5.24. The van der Waals surface area contributed by atoms with Gasteiger partial charge in [-0.25, -0.2) is 0 Å². The summed E-state index contributed by atoms with van der Waals surface area (Å²) < 4.78 is 45.7. The minimum atomic E-state index is -4.45. The monoisotopic (exact) mass is 399 g/mol. The zero-order chi connectivity index (χ0) is 19.8. The molecule has 5 rings (SSSR count). The zero-order valence-corrected chi connectivity index (χ0v) is 15.8. The number of morpholine rings is 1. The second-order valence-corrected chi connectivity index (χ2v) is 7.89. The second-order valence-electron chi connectivity index (χ2n) is 7.89. The number of hydrogen-bond acceptors (Lipinski definition) is 4. The predicted molar refractivity (Wildman–Crippen MR) is 99.3 cm³/mol. The van der Waals surface area contributed by atoms with Gasteiger partial charge < -0.3 is 19.4 Å². The van der Waals surface area contributed by atoms with Crippen LogP contribution in [0.2, 0.25) is 0 Å². The zero-order valence-electron chi connectivity index (χ0n) is 15.8. The summed E-state index contributed by atoms with van der Waals surface area (Å²) in [6.45, 7) is 8.24. The number of piperazine rings is 3. The van der Waals surface area contributed by atoms with Crippen molar-refractivity contribution in [1.82, 2.24) is 4.90 Å². The number of nitrogens with zero attached hydrogens (tertiary/aromatic N) is 3. The van der Waals surface area contributed by atoms with Crippen molar-refractivity contribution < 1.29 is 27.2 Å². The van der Waals surface area contributed by atoms with Crippen molar-refractivity contribution in [3.63, 3.8) is 0 Å². The molecule has 4 saturated heterocycles. The standard InChI is InChI=1S/C19H25F3N4O2/c20-19(21,22)15-1-2-17(25-6-11-28-12-7-25)16(13-15)23-18(27)14-26-8-3-24(4-9-26)5-10-26/h1-2,13H,3-12,14H2/p+1. The first-order chi connectivity index (χ1) is 13.3. The van der Waals surface area contributed by atoms with Crippen LogP contribution < -0.4 is 10.2 Å². The molecule has 9 heteroatoms. The summed E-state index contributed by atoms with van der Waals surface area (Å²) >= 11 is 0. The SMILES string of the molecule is O=C(C[N+]12CCN(CC1)CC2)Nc1cc(C(F)(F)F)ccc1N1CCOCC1. The fourth-order valence-electron chi connectivity index (χ4n) is 4.36. The molecule has 28 heavy (non-hydrogen) atoms. The smallest absolute Gasteiger partial charge is 0.378 e. The number of anilines is 2. The van der Waals surface area contributed by atoms with Gasteiger partial charge in [-0.2, -0.15) is 13.2 Å². The van der Waals surface area contributed by atoms with Crippen LogP contribution in [-0.2, 0) is 15.7 Å². The van der Waals surface area contributed by atoms with E-state index in [0.717, 1.165) is 55.9 Å². The van der Waals surface area contributed by atoms with Gasteiger partial charge in [0.25, 0.3) is 5.91 Å². The van der Waals surface area contributed by atoms with Gasteiger partial charge in [0.1, 0.15) is 0 Å². The molecule has 4 heterocycles. The van der Waals surface area contributed by atoms with Crippen LogP contribution >= 0.6 is 0 Å². The number of quaternary nitrogens is 1. The Hall–Kier alpha value is -1.84. The van der Waals surface area contributed by atoms with Crippen molar-refractivity contribution in [3.05, 3.63) is 23.8 Å². The molecular formula is C19H26F3N4O2+. The van der Waals surface area contributed by atoms with Crippen molar-refractivity contribution in [1.29, 1.82) is 0 Å². The maximum absolute atomic E-state index is 13.2. The molecule has 4 aliphatic heterocycles. The van der Waals surface area contributed by atoms with Crippen molar-refractivity contribution in [2.45, 2.75) is 6.18 Å². The Morgan fingerprint density at radius 1 is 1.07 bits per heavy atom. The molecule has 6 nitrogen and oxygen atoms in total. The Morgan fingerprint density at radius 3 is 2.32 bits per heavy atom. The molecule has 0 unspecified atom stereocenters. The van der Waals surface area contributed by atoms with E-state index in [2.05, 4.69) is 10.2 Å². The summed E-state index contributed by atoms with van der Waals surface area (Å²) in [5, 5.41) is 2.79. The first-order valence-electron chi connectivity index (χ1n) is 9.76. The maximum atomic E-state index is 13.2. The summed E-state index contributed by atoms with van der Waals surface area (Å²) in [4.78, 5) is 17.1. The lowest BCUT2D eigenvalue weighted by Gasteiger charge is -2.50. The molecule has 0 saturated carbocycles. The van der Waals surface area contributed by atoms with Crippen LogP contribution in [-0.4, -0.2) is 87.4 Å². The van der Waals surface area contributed by atoms with Crippen LogP contribution in [0.4, 0.5) is 24.5 Å². The number of nitrogens with one attached hydrogen (secondary N) is 1. The normalized spacial score (nSPS) is 27.7. The first-order valence-corrected chi connectivity index (χ1v) is 9.76. The van der Waals surface area contributed by atoms with Crippen LogP contribution in [0.3, 0.4) is 0 Å². The number of ether oxygens (including phenoxy) is 1. The van der Waals surface area contributed by atoms with Crippen LogP contribution in [0.5, 0.6) is 0 Å². The van der Waals surface area contributed by atoms with E-state index in [1.54, 1.807) is 0 Å². The molecule has 1 amide bonds. The third-order valence-electron chi connectivity index (χ3n) is 6.10. The largest absolute Gasteiger partial charge is 0.416 e. The van der Waals surface area contributed by atoms with Gasteiger partial charge in [-0.3, -0.25) is 9.69 Å². The summed E-state index contributed by atoms with van der Waals surface area (Å²) in [5.74, 6) is -0.218. The number of halogens is 3.